The van der Waals surface area contributed by atoms with E-state index in [2.05, 4.69) is 34.0 Å². The summed E-state index contributed by atoms with van der Waals surface area (Å²) in [5.41, 5.74) is 2.42. The summed E-state index contributed by atoms with van der Waals surface area (Å²) in [4.78, 5) is 9.46. The first-order valence-corrected chi connectivity index (χ1v) is 7.30. The number of aryl methyl sites for hydroxylation is 1. The standard InChI is InChI=1S/C15H23N3O/c1-17-10-14-4-5-15(11-17)18(14)13-6-7-16-12(9-13)3-2-8-19/h6-7,9,14-15,19H,2-5,8,10-11H2,1H3. The van der Waals surface area contributed by atoms with Crippen molar-refractivity contribution in [3.8, 4) is 0 Å². The predicted octanol–water partition coefficient (Wildman–Crippen LogP) is 1.29. The highest BCUT2D eigenvalue weighted by Crippen LogP contribution is 2.34. The predicted molar refractivity (Wildman–Crippen MR) is 76.4 cm³/mol. The number of rotatable bonds is 4. The number of hydrogen-bond acceptors (Lipinski definition) is 4. The Hall–Kier alpha value is -1.13. The van der Waals surface area contributed by atoms with Crippen LogP contribution in [0.1, 0.15) is 25.0 Å². The maximum Gasteiger partial charge on any atom is 0.0434 e. The summed E-state index contributed by atoms with van der Waals surface area (Å²) in [6.45, 7) is 2.58. The molecule has 1 N–H and O–H groups in total. The van der Waals surface area contributed by atoms with E-state index >= 15 is 0 Å². The van der Waals surface area contributed by atoms with Crippen LogP contribution in [0, 0.1) is 0 Å². The molecule has 2 fully saturated rings. The first-order chi connectivity index (χ1) is 9.28. The van der Waals surface area contributed by atoms with E-state index in [1.807, 2.05) is 6.20 Å². The number of anilines is 1. The van der Waals surface area contributed by atoms with E-state index in [4.69, 9.17) is 5.11 Å². The van der Waals surface area contributed by atoms with Crippen LogP contribution in [0.4, 0.5) is 5.69 Å². The highest BCUT2D eigenvalue weighted by atomic mass is 16.2. The van der Waals surface area contributed by atoms with Gasteiger partial charge in [0.1, 0.15) is 0 Å². The van der Waals surface area contributed by atoms with Gasteiger partial charge in [-0.1, -0.05) is 0 Å². The van der Waals surface area contributed by atoms with Crippen molar-refractivity contribution in [2.45, 2.75) is 37.8 Å². The third kappa shape index (κ3) is 2.60. The molecule has 1 aromatic rings. The maximum atomic E-state index is 8.93. The Labute approximate surface area is 115 Å². The first kappa shape index (κ1) is 12.9. The molecular weight excluding hydrogens is 238 g/mol. The Kier molecular flexibility index (Phi) is 3.71. The summed E-state index contributed by atoms with van der Waals surface area (Å²) in [5.74, 6) is 0. The van der Waals surface area contributed by atoms with Crippen molar-refractivity contribution in [1.29, 1.82) is 0 Å². The number of hydrogen-bond donors (Lipinski definition) is 1. The Morgan fingerprint density at radius 1 is 1.32 bits per heavy atom. The summed E-state index contributed by atoms with van der Waals surface area (Å²) in [5, 5.41) is 8.93. The lowest BCUT2D eigenvalue weighted by Gasteiger charge is -2.41. The molecule has 104 valence electrons. The van der Waals surface area contributed by atoms with Crippen molar-refractivity contribution in [3.05, 3.63) is 24.0 Å². The lowest BCUT2D eigenvalue weighted by molar-refractivity contribution is 0.264. The second kappa shape index (κ2) is 5.47. The molecule has 0 aromatic carbocycles. The number of aliphatic hydroxyl groups excluding tert-OH is 1. The Morgan fingerprint density at radius 2 is 2.05 bits per heavy atom. The van der Waals surface area contributed by atoms with Crippen molar-refractivity contribution < 1.29 is 5.11 Å². The summed E-state index contributed by atoms with van der Waals surface area (Å²) in [7, 11) is 2.22. The molecule has 2 aliphatic rings. The summed E-state index contributed by atoms with van der Waals surface area (Å²) in [6, 6.07) is 5.68. The molecule has 0 amide bonds. The molecule has 4 heteroatoms. The highest BCUT2D eigenvalue weighted by Gasteiger charge is 2.38. The van der Waals surface area contributed by atoms with Gasteiger partial charge in [0.15, 0.2) is 0 Å². The monoisotopic (exact) mass is 261 g/mol. The number of fused-ring (bicyclic) bond motifs is 2. The number of aromatic nitrogens is 1. The van der Waals surface area contributed by atoms with E-state index in [0.29, 0.717) is 12.1 Å². The van der Waals surface area contributed by atoms with Gasteiger partial charge in [-0.05, 0) is 44.9 Å². The van der Waals surface area contributed by atoms with Gasteiger partial charge in [0, 0.05) is 49.4 Å². The molecule has 0 aliphatic carbocycles. The minimum Gasteiger partial charge on any atom is -0.396 e. The molecule has 2 aliphatic heterocycles. The van der Waals surface area contributed by atoms with Gasteiger partial charge in [-0.2, -0.15) is 0 Å². The van der Waals surface area contributed by atoms with Gasteiger partial charge < -0.3 is 14.9 Å². The molecule has 0 saturated carbocycles. The fourth-order valence-electron chi connectivity index (χ4n) is 3.56. The maximum absolute atomic E-state index is 8.93. The van der Waals surface area contributed by atoms with Crippen molar-refractivity contribution in [1.82, 2.24) is 9.88 Å². The minimum atomic E-state index is 0.242. The minimum absolute atomic E-state index is 0.242. The zero-order valence-corrected chi connectivity index (χ0v) is 11.6. The summed E-state index contributed by atoms with van der Waals surface area (Å²) < 4.78 is 0. The molecule has 3 heterocycles. The number of likely N-dealkylation sites (N-methyl/N-ethyl adjacent to an activating group) is 1. The second-order valence-corrected chi connectivity index (χ2v) is 5.85. The van der Waals surface area contributed by atoms with Gasteiger partial charge in [-0.3, -0.25) is 4.98 Å². The smallest absolute Gasteiger partial charge is 0.0434 e. The third-order valence-corrected chi connectivity index (χ3v) is 4.35. The van der Waals surface area contributed by atoms with Gasteiger partial charge in [-0.15, -0.1) is 0 Å². The molecule has 19 heavy (non-hydrogen) atoms. The average Bonchev–Trinajstić information content (AvgIpc) is 2.69. The normalized spacial score (nSPS) is 26.9. The second-order valence-electron chi connectivity index (χ2n) is 5.85. The van der Waals surface area contributed by atoms with E-state index in [9.17, 15) is 0 Å². The molecule has 2 bridgehead atoms. The van der Waals surface area contributed by atoms with Gasteiger partial charge in [0.2, 0.25) is 0 Å². The van der Waals surface area contributed by atoms with Crippen molar-refractivity contribution in [2.24, 2.45) is 0 Å². The number of pyridine rings is 1. The van der Waals surface area contributed by atoms with Crippen LogP contribution in [0.2, 0.25) is 0 Å². The summed E-state index contributed by atoms with van der Waals surface area (Å²) in [6.07, 6.45) is 6.20. The van der Waals surface area contributed by atoms with Crippen LogP contribution in [-0.2, 0) is 6.42 Å². The SMILES string of the molecule is CN1CC2CCC(C1)N2c1ccnc(CCCO)c1. The highest BCUT2D eigenvalue weighted by molar-refractivity contribution is 5.51. The fourth-order valence-corrected chi connectivity index (χ4v) is 3.56. The lowest BCUT2D eigenvalue weighted by Crippen LogP contribution is -2.52. The van der Waals surface area contributed by atoms with E-state index in [-0.39, 0.29) is 6.61 Å². The van der Waals surface area contributed by atoms with Crippen LogP contribution < -0.4 is 4.90 Å². The van der Waals surface area contributed by atoms with Gasteiger partial charge in [-0.25, -0.2) is 0 Å². The molecule has 3 rings (SSSR count). The molecule has 2 unspecified atom stereocenters. The number of aliphatic hydroxyl groups is 1. The Morgan fingerprint density at radius 3 is 2.74 bits per heavy atom. The van der Waals surface area contributed by atoms with Crippen LogP contribution in [0.5, 0.6) is 0 Å². The lowest BCUT2D eigenvalue weighted by atomic mass is 10.1. The molecule has 2 atom stereocenters. The number of piperazine rings is 1. The third-order valence-electron chi connectivity index (χ3n) is 4.35. The van der Waals surface area contributed by atoms with E-state index in [0.717, 1.165) is 18.5 Å². The summed E-state index contributed by atoms with van der Waals surface area (Å²) >= 11 is 0. The molecular formula is C15H23N3O. The molecule has 0 radical (unpaired) electrons. The van der Waals surface area contributed by atoms with Crippen molar-refractivity contribution >= 4 is 5.69 Å². The van der Waals surface area contributed by atoms with Gasteiger partial charge in [0.25, 0.3) is 0 Å². The van der Waals surface area contributed by atoms with Crippen LogP contribution in [-0.4, -0.2) is 53.8 Å². The largest absolute Gasteiger partial charge is 0.396 e. The van der Waals surface area contributed by atoms with E-state index in [1.54, 1.807) is 0 Å². The molecule has 0 spiro atoms. The molecule has 2 saturated heterocycles. The fraction of sp³-hybridized carbons (Fsp3) is 0.667. The van der Waals surface area contributed by atoms with E-state index < -0.39 is 0 Å². The van der Waals surface area contributed by atoms with Gasteiger partial charge in [0.05, 0.1) is 0 Å². The van der Waals surface area contributed by atoms with Crippen LogP contribution in [0.3, 0.4) is 0 Å². The van der Waals surface area contributed by atoms with Crippen LogP contribution >= 0.6 is 0 Å². The van der Waals surface area contributed by atoms with Crippen molar-refractivity contribution in [3.63, 3.8) is 0 Å². The number of nitrogens with zero attached hydrogens (tertiary/aromatic N) is 3. The zero-order valence-electron chi connectivity index (χ0n) is 11.6. The Bertz CT molecular complexity index is 423. The van der Waals surface area contributed by atoms with Crippen molar-refractivity contribution in [2.75, 3.05) is 31.6 Å². The van der Waals surface area contributed by atoms with Gasteiger partial charge >= 0.3 is 0 Å². The van der Waals surface area contributed by atoms with Crippen LogP contribution in [0.15, 0.2) is 18.3 Å². The molecule has 4 nitrogen and oxygen atoms in total. The quantitative estimate of drug-likeness (QED) is 0.886. The topological polar surface area (TPSA) is 39.6 Å². The first-order valence-electron chi connectivity index (χ1n) is 7.30. The molecule has 1 aromatic heterocycles. The van der Waals surface area contributed by atoms with Crippen LogP contribution in [0.25, 0.3) is 0 Å². The average molecular weight is 261 g/mol. The number of likely N-dealkylation sites (tertiary alicyclic amines) is 1. The van der Waals surface area contributed by atoms with E-state index in [1.165, 1.54) is 31.6 Å². The zero-order chi connectivity index (χ0) is 13.2. The Balaban J connectivity index is 1.79.